The molecule has 14 heavy (non-hydrogen) atoms. The highest BCUT2D eigenvalue weighted by Crippen LogP contribution is 2.48. The van der Waals surface area contributed by atoms with E-state index in [-0.39, 0.29) is 13.2 Å². The van der Waals surface area contributed by atoms with Crippen LogP contribution < -0.4 is 0 Å². The molecule has 2 N–H and O–H groups in total. The van der Waals surface area contributed by atoms with Gasteiger partial charge in [-0.15, -0.1) is 0 Å². The van der Waals surface area contributed by atoms with Gasteiger partial charge < -0.3 is 14.9 Å². The molecule has 0 radical (unpaired) electrons. The summed E-state index contributed by atoms with van der Waals surface area (Å²) in [4.78, 5) is 11.2. The Hall–Kier alpha value is -0.610. The van der Waals surface area contributed by atoms with E-state index < -0.39 is 22.4 Å². The second-order valence-electron chi connectivity index (χ2n) is 5.28. The summed E-state index contributed by atoms with van der Waals surface area (Å²) in [7, 11) is 0. The molecule has 82 valence electrons. The molecule has 1 heterocycles. The van der Waals surface area contributed by atoms with Gasteiger partial charge in [0.25, 0.3) is 0 Å². The Kier molecular flexibility index (Phi) is 2.41. The second-order valence-corrected chi connectivity index (χ2v) is 5.28. The van der Waals surface area contributed by atoms with E-state index in [2.05, 4.69) is 0 Å². The molecule has 1 aliphatic rings. The van der Waals surface area contributed by atoms with Crippen molar-refractivity contribution in [2.24, 2.45) is 10.8 Å². The van der Waals surface area contributed by atoms with Crippen LogP contribution in [0.2, 0.25) is 0 Å². The van der Waals surface area contributed by atoms with Gasteiger partial charge >= 0.3 is 5.97 Å². The smallest absolute Gasteiger partial charge is 0.337 e. The van der Waals surface area contributed by atoms with Crippen molar-refractivity contribution in [2.75, 3.05) is 13.2 Å². The number of carbonyl (C=O) groups is 1. The zero-order valence-corrected chi connectivity index (χ0v) is 9.13. The van der Waals surface area contributed by atoms with E-state index in [0.717, 1.165) is 0 Å². The van der Waals surface area contributed by atoms with Gasteiger partial charge in [0.05, 0.1) is 13.2 Å². The van der Waals surface area contributed by atoms with Crippen LogP contribution >= 0.6 is 0 Å². The van der Waals surface area contributed by atoms with Crippen molar-refractivity contribution in [3.8, 4) is 0 Å². The second kappa shape index (κ2) is 2.94. The molecule has 4 heteroatoms. The summed E-state index contributed by atoms with van der Waals surface area (Å²) in [6.07, 6.45) is 0. The highest BCUT2D eigenvalue weighted by atomic mass is 16.5. The first-order chi connectivity index (χ1) is 6.15. The number of carboxylic acids is 1. The van der Waals surface area contributed by atoms with E-state index >= 15 is 0 Å². The highest BCUT2D eigenvalue weighted by Gasteiger charge is 2.62. The molecule has 0 unspecified atom stereocenters. The van der Waals surface area contributed by atoms with Crippen molar-refractivity contribution >= 4 is 5.97 Å². The minimum Gasteiger partial charge on any atom is -0.479 e. The average molecular weight is 202 g/mol. The quantitative estimate of drug-likeness (QED) is 0.662. The minimum atomic E-state index is -1.74. The monoisotopic (exact) mass is 202 g/mol. The first-order valence-corrected chi connectivity index (χ1v) is 4.69. The molecule has 1 aliphatic heterocycles. The van der Waals surface area contributed by atoms with Crippen molar-refractivity contribution in [1.82, 2.24) is 0 Å². The first-order valence-electron chi connectivity index (χ1n) is 4.69. The molecule has 0 aromatic rings. The molecule has 1 fully saturated rings. The summed E-state index contributed by atoms with van der Waals surface area (Å²) >= 11 is 0. The van der Waals surface area contributed by atoms with Gasteiger partial charge in [-0.05, 0) is 0 Å². The number of hydrogen-bond donors (Lipinski definition) is 2. The first kappa shape index (κ1) is 11.5. The number of aliphatic hydroxyl groups is 1. The van der Waals surface area contributed by atoms with E-state index in [1.165, 1.54) is 0 Å². The molecule has 0 spiro atoms. The van der Waals surface area contributed by atoms with Crippen molar-refractivity contribution in [3.63, 3.8) is 0 Å². The van der Waals surface area contributed by atoms with Gasteiger partial charge in [-0.3, -0.25) is 0 Å². The Bertz CT molecular complexity index is 239. The summed E-state index contributed by atoms with van der Waals surface area (Å²) in [5, 5.41) is 19.5. The van der Waals surface area contributed by atoms with E-state index in [4.69, 9.17) is 9.84 Å². The summed E-state index contributed by atoms with van der Waals surface area (Å²) in [5.41, 5.74) is -3.29. The number of aliphatic carboxylic acids is 1. The van der Waals surface area contributed by atoms with Gasteiger partial charge in [-0.1, -0.05) is 27.7 Å². The fourth-order valence-corrected chi connectivity index (χ4v) is 2.27. The third kappa shape index (κ3) is 1.25. The Morgan fingerprint density at radius 1 is 1.14 bits per heavy atom. The van der Waals surface area contributed by atoms with Crippen LogP contribution in [-0.2, 0) is 9.53 Å². The standard InChI is InChI=1S/C10H18O4/c1-8(2)5-14-6-9(3,4)10(8,13)7(11)12/h13H,5-6H2,1-4H3,(H,11,12). The van der Waals surface area contributed by atoms with Gasteiger partial charge in [0.1, 0.15) is 0 Å². The van der Waals surface area contributed by atoms with E-state index in [9.17, 15) is 9.90 Å². The van der Waals surface area contributed by atoms with Crippen LogP contribution in [0.4, 0.5) is 0 Å². The Balaban J connectivity index is 3.22. The lowest BCUT2D eigenvalue weighted by Crippen LogP contribution is -2.66. The van der Waals surface area contributed by atoms with Crippen molar-refractivity contribution in [1.29, 1.82) is 0 Å². The Morgan fingerprint density at radius 2 is 1.50 bits per heavy atom. The van der Waals surface area contributed by atoms with Crippen LogP contribution in [-0.4, -0.2) is 35.0 Å². The van der Waals surface area contributed by atoms with Gasteiger partial charge in [-0.2, -0.15) is 0 Å². The maximum Gasteiger partial charge on any atom is 0.337 e. The van der Waals surface area contributed by atoms with Crippen LogP contribution in [0.5, 0.6) is 0 Å². The van der Waals surface area contributed by atoms with Crippen LogP contribution in [0.1, 0.15) is 27.7 Å². The number of ether oxygens (including phenoxy) is 1. The number of rotatable bonds is 1. The molecular formula is C10H18O4. The number of carboxylic acid groups (broad SMARTS) is 1. The minimum absolute atomic E-state index is 0.263. The van der Waals surface area contributed by atoms with Crippen molar-refractivity contribution < 1.29 is 19.7 Å². The Morgan fingerprint density at radius 3 is 1.71 bits per heavy atom. The van der Waals surface area contributed by atoms with E-state index in [1.807, 2.05) is 0 Å². The molecule has 0 amide bonds. The predicted molar refractivity (Wildman–Crippen MR) is 51.0 cm³/mol. The van der Waals surface area contributed by atoms with Gasteiger partial charge in [-0.25, -0.2) is 4.79 Å². The fourth-order valence-electron chi connectivity index (χ4n) is 2.27. The lowest BCUT2D eigenvalue weighted by atomic mass is 9.60. The predicted octanol–water partition coefficient (Wildman–Crippen LogP) is 0.885. The lowest BCUT2D eigenvalue weighted by Gasteiger charge is -2.52. The molecule has 0 saturated carbocycles. The molecular weight excluding hydrogens is 184 g/mol. The fraction of sp³-hybridized carbons (Fsp3) is 0.900. The van der Waals surface area contributed by atoms with Gasteiger partial charge in [0.15, 0.2) is 5.60 Å². The summed E-state index contributed by atoms with van der Waals surface area (Å²) < 4.78 is 5.32. The third-order valence-electron chi connectivity index (χ3n) is 3.19. The maximum atomic E-state index is 11.2. The van der Waals surface area contributed by atoms with Crippen LogP contribution in [0, 0.1) is 10.8 Å². The highest BCUT2D eigenvalue weighted by molar-refractivity contribution is 5.79. The third-order valence-corrected chi connectivity index (χ3v) is 3.19. The lowest BCUT2D eigenvalue weighted by molar-refractivity contribution is -0.238. The molecule has 4 nitrogen and oxygen atoms in total. The zero-order chi connectivity index (χ0) is 11.2. The maximum absolute atomic E-state index is 11.2. The van der Waals surface area contributed by atoms with Crippen molar-refractivity contribution in [2.45, 2.75) is 33.3 Å². The molecule has 0 aromatic heterocycles. The van der Waals surface area contributed by atoms with Gasteiger partial charge in [0, 0.05) is 10.8 Å². The SMILES string of the molecule is CC1(C)COCC(C)(C)C1(O)C(=O)O. The average Bonchev–Trinajstić information content (AvgIpc) is 1.98. The van der Waals surface area contributed by atoms with Gasteiger partial charge in [0.2, 0.25) is 0 Å². The van der Waals surface area contributed by atoms with Crippen molar-refractivity contribution in [3.05, 3.63) is 0 Å². The molecule has 0 aliphatic carbocycles. The largest absolute Gasteiger partial charge is 0.479 e. The van der Waals surface area contributed by atoms with Crippen LogP contribution in [0.3, 0.4) is 0 Å². The van der Waals surface area contributed by atoms with E-state index in [0.29, 0.717) is 0 Å². The normalized spacial score (nSPS) is 28.4. The summed E-state index contributed by atoms with van der Waals surface area (Å²) in [5.74, 6) is -1.17. The summed E-state index contributed by atoms with van der Waals surface area (Å²) in [6.45, 7) is 7.37. The number of hydrogen-bond acceptors (Lipinski definition) is 3. The molecule has 0 bridgehead atoms. The van der Waals surface area contributed by atoms with Crippen LogP contribution in [0.15, 0.2) is 0 Å². The molecule has 1 saturated heterocycles. The molecule has 0 aromatic carbocycles. The molecule has 1 rings (SSSR count). The Labute approximate surface area is 83.9 Å². The molecule has 0 atom stereocenters. The van der Waals surface area contributed by atoms with E-state index in [1.54, 1.807) is 27.7 Å². The topological polar surface area (TPSA) is 66.8 Å². The summed E-state index contributed by atoms with van der Waals surface area (Å²) in [6, 6.07) is 0. The zero-order valence-electron chi connectivity index (χ0n) is 9.13. The van der Waals surface area contributed by atoms with Crippen LogP contribution in [0.25, 0.3) is 0 Å².